The van der Waals surface area contributed by atoms with Gasteiger partial charge in [-0.3, -0.25) is 4.98 Å². The molecule has 18 heavy (non-hydrogen) atoms. The van der Waals surface area contributed by atoms with Gasteiger partial charge in [-0.2, -0.15) is 15.0 Å². The molecule has 1 fully saturated rings. The highest BCUT2D eigenvalue weighted by Gasteiger charge is 2.17. The first-order valence-electron chi connectivity index (χ1n) is 6.01. The maximum atomic E-state index is 5.75. The number of rotatable bonds is 2. The number of pyridine rings is 1. The Morgan fingerprint density at radius 2 is 1.89 bits per heavy atom. The van der Waals surface area contributed by atoms with E-state index in [1.165, 1.54) is 12.8 Å². The molecule has 1 aliphatic heterocycles. The second-order valence-electron chi connectivity index (χ2n) is 4.23. The number of anilines is 2. The van der Waals surface area contributed by atoms with Crippen molar-refractivity contribution in [3.05, 3.63) is 24.4 Å². The molecule has 1 saturated heterocycles. The molecule has 0 bridgehead atoms. The number of nitrogen functional groups attached to an aromatic ring is 1. The summed E-state index contributed by atoms with van der Waals surface area (Å²) in [5, 5.41) is 0. The van der Waals surface area contributed by atoms with Gasteiger partial charge in [0.1, 0.15) is 5.69 Å². The highest BCUT2D eigenvalue weighted by Crippen LogP contribution is 2.19. The molecule has 0 atom stereocenters. The van der Waals surface area contributed by atoms with Crippen molar-refractivity contribution in [2.45, 2.75) is 12.8 Å². The van der Waals surface area contributed by atoms with Gasteiger partial charge in [0.05, 0.1) is 0 Å². The average molecular weight is 242 g/mol. The Bertz CT molecular complexity index is 536. The summed E-state index contributed by atoms with van der Waals surface area (Å²) in [5.41, 5.74) is 6.46. The van der Waals surface area contributed by atoms with E-state index in [0.717, 1.165) is 13.1 Å². The zero-order valence-corrected chi connectivity index (χ0v) is 9.95. The zero-order valence-electron chi connectivity index (χ0n) is 9.95. The molecular formula is C12H14N6. The van der Waals surface area contributed by atoms with E-state index in [2.05, 4.69) is 24.8 Å². The lowest BCUT2D eigenvalue weighted by Crippen LogP contribution is -2.21. The highest BCUT2D eigenvalue weighted by molar-refractivity contribution is 5.53. The van der Waals surface area contributed by atoms with Crippen molar-refractivity contribution in [3.8, 4) is 11.5 Å². The summed E-state index contributed by atoms with van der Waals surface area (Å²) in [6.45, 7) is 1.95. The minimum atomic E-state index is 0.243. The average Bonchev–Trinajstić information content (AvgIpc) is 2.93. The third kappa shape index (κ3) is 2.09. The molecule has 0 spiro atoms. The smallest absolute Gasteiger partial charge is 0.230 e. The molecule has 2 aromatic heterocycles. The Kier molecular flexibility index (Phi) is 2.76. The van der Waals surface area contributed by atoms with Crippen molar-refractivity contribution < 1.29 is 0 Å². The molecule has 2 aromatic rings. The lowest BCUT2D eigenvalue weighted by molar-refractivity contribution is 0.885. The van der Waals surface area contributed by atoms with Gasteiger partial charge in [0.15, 0.2) is 5.82 Å². The first kappa shape index (κ1) is 10.9. The van der Waals surface area contributed by atoms with Gasteiger partial charge in [-0.15, -0.1) is 0 Å². The number of hydrogen-bond donors (Lipinski definition) is 1. The Hall–Kier alpha value is -2.24. The monoisotopic (exact) mass is 242 g/mol. The fourth-order valence-electron chi connectivity index (χ4n) is 2.05. The summed E-state index contributed by atoms with van der Waals surface area (Å²) in [4.78, 5) is 19.1. The van der Waals surface area contributed by atoms with E-state index in [1.807, 2.05) is 18.2 Å². The van der Waals surface area contributed by atoms with Gasteiger partial charge in [0.2, 0.25) is 11.9 Å². The van der Waals surface area contributed by atoms with Gasteiger partial charge in [0, 0.05) is 19.3 Å². The van der Waals surface area contributed by atoms with Crippen LogP contribution < -0.4 is 10.6 Å². The topological polar surface area (TPSA) is 80.8 Å². The van der Waals surface area contributed by atoms with E-state index in [-0.39, 0.29) is 5.95 Å². The zero-order chi connectivity index (χ0) is 12.4. The third-order valence-corrected chi connectivity index (χ3v) is 2.92. The van der Waals surface area contributed by atoms with E-state index in [4.69, 9.17) is 5.73 Å². The van der Waals surface area contributed by atoms with Crippen molar-refractivity contribution >= 4 is 11.9 Å². The number of nitrogens with zero attached hydrogens (tertiary/aromatic N) is 5. The van der Waals surface area contributed by atoms with Crippen LogP contribution in [-0.2, 0) is 0 Å². The first-order chi connectivity index (χ1) is 8.83. The summed E-state index contributed by atoms with van der Waals surface area (Å²) in [6, 6.07) is 5.62. The molecule has 6 nitrogen and oxygen atoms in total. The first-order valence-corrected chi connectivity index (χ1v) is 6.01. The molecule has 3 heterocycles. The minimum Gasteiger partial charge on any atom is -0.368 e. The molecule has 1 aliphatic rings. The minimum absolute atomic E-state index is 0.243. The second-order valence-corrected chi connectivity index (χ2v) is 4.23. The molecule has 6 heteroatoms. The Morgan fingerprint density at radius 3 is 2.61 bits per heavy atom. The highest BCUT2D eigenvalue weighted by atomic mass is 15.3. The van der Waals surface area contributed by atoms with Gasteiger partial charge < -0.3 is 10.6 Å². The van der Waals surface area contributed by atoms with E-state index in [1.54, 1.807) is 6.20 Å². The molecule has 0 saturated carbocycles. The largest absolute Gasteiger partial charge is 0.368 e. The van der Waals surface area contributed by atoms with Gasteiger partial charge in [-0.1, -0.05) is 6.07 Å². The van der Waals surface area contributed by atoms with Crippen molar-refractivity contribution in [1.29, 1.82) is 0 Å². The molecule has 92 valence electrons. The molecule has 0 aromatic carbocycles. The van der Waals surface area contributed by atoms with Crippen LogP contribution in [0.4, 0.5) is 11.9 Å². The fraction of sp³-hybridized carbons (Fsp3) is 0.333. The van der Waals surface area contributed by atoms with Crippen LogP contribution in [0.2, 0.25) is 0 Å². The Balaban J connectivity index is 2.00. The molecular weight excluding hydrogens is 228 g/mol. The summed E-state index contributed by atoms with van der Waals surface area (Å²) in [7, 11) is 0. The van der Waals surface area contributed by atoms with Crippen LogP contribution >= 0.6 is 0 Å². The Morgan fingerprint density at radius 1 is 1.06 bits per heavy atom. The third-order valence-electron chi connectivity index (χ3n) is 2.92. The van der Waals surface area contributed by atoms with Crippen LogP contribution in [0, 0.1) is 0 Å². The van der Waals surface area contributed by atoms with Crippen molar-refractivity contribution in [3.63, 3.8) is 0 Å². The molecule has 0 aliphatic carbocycles. The van der Waals surface area contributed by atoms with Crippen LogP contribution in [0.5, 0.6) is 0 Å². The quantitative estimate of drug-likeness (QED) is 0.849. The van der Waals surface area contributed by atoms with Crippen molar-refractivity contribution in [2.24, 2.45) is 0 Å². The Labute approximate surface area is 105 Å². The maximum Gasteiger partial charge on any atom is 0.230 e. The number of hydrogen-bond acceptors (Lipinski definition) is 6. The molecule has 2 N–H and O–H groups in total. The summed E-state index contributed by atoms with van der Waals surface area (Å²) >= 11 is 0. The van der Waals surface area contributed by atoms with E-state index in [0.29, 0.717) is 17.5 Å². The SMILES string of the molecule is Nc1nc(-c2ccccn2)nc(N2CCCC2)n1. The number of nitrogens with two attached hydrogens (primary N) is 1. The number of aromatic nitrogens is 4. The molecule has 3 rings (SSSR count). The van der Waals surface area contributed by atoms with Gasteiger partial charge in [-0.05, 0) is 25.0 Å². The fourth-order valence-corrected chi connectivity index (χ4v) is 2.05. The summed E-state index contributed by atoms with van der Waals surface area (Å²) in [6.07, 6.45) is 4.06. The molecule has 0 amide bonds. The normalized spacial score (nSPS) is 15.0. The summed E-state index contributed by atoms with van der Waals surface area (Å²) < 4.78 is 0. The van der Waals surface area contributed by atoms with Gasteiger partial charge in [-0.25, -0.2) is 0 Å². The van der Waals surface area contributed by atoms with Crippen molar-refractivity contribution in [1.82, 2.24) is 19.9 Å². The maximum absolute atomic E-state index is 5.75. The van der Waals surface area contributed by atoms with Crippen molar-refractivity contribution in [2.75, 3.05) is 23.7 Å². The van der Waals surface area contributed by atoms with Crippen LogP contribution in [0.3, 0.4) is 0 Å². The van der Waals surface area contributed by atoms with Crippen LogP contribution in [0.15, 0.2) is 24.4 Å². The van der Waals surface area contributed by atoms with Crippen LogP contribution in [-0.4, -0.2) is 33.0 Å². The molecule has 0 radical (unpaired) electrons. The predicted molar refractivity (Wildman–Crippen MR) is 68.9 cm³/mol. The van der Waals surface area contributed by atoms with Gasteiger partial charge >= 0.3 is 0 Å². The standard InChI is InChI=1S/C12H14N6/c13-11-15-10(9-5-1-2-6-14-9)16-12(17-11)18-7-3-4-8-18/h1-2,5-6H,3-4,7-8H2,(H2,13,15,16,17). The van der Waals surface area contributed by atoms with Crippen LogP contribution in [0.25, 0.3) is 11.5 Å². The lowest BCUT2D eigenvalue weighted by Gasteiger charge is -2.15. The predicted octanol–water partition coefficient (Wildman–Crippen LogP) is 1.12. The lowest BCUT2D eigenvalue weighted by atomic mass is 10.3. The second kappa shape index (κ2) is 4.56. The molecule has 0 unspecified atom stereocenters. The summed E-state index contributed by atoms with van der Waals surface area (Å²) in [5.74, 6) is 1.43. The van der Waals surface area contributed by atoms with E-state index in [9.17, 15) is 0 Å². The van der Waals surface area contributed by atoms with Crippen LogP contribution in [0.1, 0.15) is 12.8 Å². The van der Waals surface area contributed by atoms with Gasteiger partial charge in [0.25, 0.3) is 0 Å². The van der Waals surface area contributed by atoms with E-state index < -0.39 is 0 Å². The van der Waals surface area contributed by atoms with E-state index >= 15 is 0 Å².